The highest BCUT2D eigenvalue weighted by Gasteiger charge is 2.27. The standard InChI is InChI=1S/C16H21N7O3S/c24-15(14-13-17-6-7-18-14)19-5-2-12-27(25,26)23-10-8-22(9-11-23)16-20-3-1-4-21-16/h1,3-4,6-7,13H,2,5,8-12H2,(H,19,24). The number of hydrogen-bond donors (Lipinski definition) is 1. The summed E-state index contributed by atoms with van der Waals surface area (Å²) in [6, 6.07) is 1.74. The van der Waals surface area contributed by atoms with E-state index in [1.54, 1.807) is 18.5 Å². The quantitative estimate of drug-likeness (QED) is 0.629. The monoisotopic (exact) mass is 391 g/mol. The van der Waals surface area contributed by atoms with Gasteiger partial charge in [0, 0.05) is 57.5 Å². The maximum absolute atomic E-state index is 12.5. The molecule has 1 amide bonds. The molecular weight excluding hydrogens is 370 g/mol. The molecule has 144 valence electrons. The van der Waals surface area contributed by atoms with Crippen LogP contribution in [0.2, 0.25) is 0 Å². The van der Waals surface area contributed by atoms with Crippen molar-refractivity contribution in [2.45, 2.75) is 6.42 Å². The molecule has 10 nitrogen and oxygen atoms in total. The van der Waals surface area contributed by atoms with E-state index in [1.807, 2.05) is 4.90 Å². The molecule has 0 atom stereocenters. The van der Waals surface area contributed by atoms with Crippen molar-refractivity contribution < 1.29 is 13.2 Å². The van der Waals surface area contributed by atoms with Crippen molar-refractivity contribution >= 4 is 21.9 Å². The summed E-state index contributed by atoms with van der Waals surface area (Å²) in [6.45, 7) is 2.14. The lowest BCUT2D eigenvalue weighted by Gasteiger charge is -2.33. The van der Waals surface area contributed by atoms with E-state index in [-0.39, 0.29) is 23.9 Å². The smallest absolute Gasteiger partial charge is 0.271 e. The first-order chi connectivity index (χ1) is 13.1. The third kappa shape index (κ3) is 5.17. The minimum Gasteiger partial charge on any atom is -0.351 e. The zero-order chi connectivity index (χ0) is 19.1. The molecule has 3 rings (SSSR count). The fourth-order valence-corrected chi connectivity index (χ4v) is 4.20. The number of nitrogens with zero attached hydrogens (tertiary/aromatic N) is 6. The van der Waals surface area contributed by atoms with Crippen LogP contribution in [0.5, 0.6) is 0 Å². The highest BCUT2D eigenvalue weighted by atomic mass is 32.2. The van der Waals surface area contributed by atoms with Gasteiger partial charge in [-0.1, -0.05) is 0 Å². The Labute approximate surface area is 157 Å². The fourth-order valence-electron chi connectivity index (χ4n) is 2.71. The van der Waals surface area contributed by atoms with Gasteiger partial charge >= 0.3 is 0 Å². The molecule has 1 aliphatic heterocycles. The Kier molecular flexibility index (Phi) is 6.24. The van der Waals surface area contributed by atoms with Crippen molar-refractivity contribution in [3.8, 4) is 0 Å². The highest BCUT2D eigenvalue weighted by Crippen LogP contribution is 2.13. The molecule has 1 N–H and O–H groups in total. The van der Waals surface area contributed by atoms with Crippen LogP contribution in [0, 0.1) is 0 Å². The maximum Gasteiger partial charge on any atom is 0.271 e. The molecule has 0 spiro atoms. The predicted octanol–water partition coefficient (Wildman–Crippen LogP) is -0.461. The van der Waals surface area contributed by atoms with E-state index in [1.165, 1.54) is 22.9 Å². The normalized spacial score (nSPS) is 15.5. The van der Waals surface area contributed by atoms with Crippen LogP contribution >= 0.6 is 0 Å². The molecule has 0 bridgehead atoms. The first-order valence-electron chi connectivity index (χ1n) is 8.60. The van der Waals surface area contributed by atoms with Gasteiger partial charge < -0.3 is 10.2 Å². The highest BCUT2D eigenvalue weighted by molar-refractivity contribution is 7.89. The second-order valence-corrected chi connectivity index (χ2v) is 8.04. The topological polar surface area (TPSA) is 121 Å². The molecule has 1 aliphatic rings. The first-order valence-corrected chi connectivity index (χ1v) is 10.2. The molecule has 11 heteroatoms. The zero-order valence-corrected chi connectivity index (χ0v) is 15.5. The van der Waals surface area contributed by atoms with Crippen LogP contribution in [0.3, 0.4) is 0 Å². The van der Waals surface area contributed by atoms with Crippen molar-refractivity contribution in [1.82, 2.24) is 29.6 Å². The lowest BCUT2D eigenvalue weighted by Crippen LogP contribution is -2.49. The summed E-state index contributed by atoms with van der Waals surface area (Å²) in [5, 5.41) is 2.65. The third-order valence-electron chi connectivity index (χ3n) is 4.13. The molecule has 2 aromatic heterocycles. The summed E-state index contributed by atoms with van der Waals surface area (Å²) < 4.78 is 26.5. The van der Waals surface area contributed by atoms with Crippen LogP contribution in [0.4, 0.5) is 5.95 Å². The summed E-state index contributed by atoms with van der Waals surface area (Å²) in [6.07, 6.45) is 7.94. The number of piperazine rings is 1. The molecule has 27 heavy (non-hydrogen) atoms. The van der Waals surface area contributed by atoms with Crippen LogP contribution in [-0.4, -0.2) is 77.0 Å². The largest absolute Gasteiger partial charge is 0.351 e. The number of carbonyl (C=O) groups is 1. The van der Waals surface area contributed by atoms with Gasteiger partial charge in [0.05, 0.1) is 11.9 Å². The molecule has 0 radical (unpaired) electrons. The Bertz CT molecular complexity index is 841. The Morgan fingerprint density at radius 2 is 1.78 bits per heavy atom. The van der Waals surface area contributed by atoms with Crippen molar-refractivity contribution in [2.24, 2.45) is 0 Å². The number of anilines is 1. The minimum absolute atomic E-state index is 0.0183. The summed E-state index contributed by atoms with van der Waals surface area (Å²) in [4.78, 5) is 29.9. The van der Waals surface area contributed by atoms with E-state index in [0.717, 1.165) is 0 Å². The first kappa shape index (κ1) is 19.1. The van der Waals surface area contributed by atoms with Crippen molar-refractivity contribution in [2.75, 3.05) is 43.4 Å². The molecule has 0 saturated carbocycles. The number of aromatic nitrogens is 4. The number of carbonyl (C=O) groups excluding carboxylic acids is 1. The lowest BCUT2D eigenvalue weighted by atomic mass is 10.4. The molecule has 0 aliphatic carbocycles. The summed E-state index contributed by atoms with van der Waals surface area (Å²) in [5.74, 6) is 0.230. The molecule has 2 aromatic rings. The van der Waals surface area contributed by atoms with E-state index in [9.17, 15) is 13.2 Å². The predicted molar refractivity (Wildman–Crippen MR) is 98.6 cm³/mol. The van der Waals surface area contributed by atoms with E-state index in [0.29, 0.717) is 38.5 Å². The summed E-state index contributed by atoms with van der Waals surface area (Å²) >= 11 is 0. The maximum atomic E-state index is 12.5. The number of rotatable bonds is 7. The minimum atomic E-state index is -3.36. The fraction of sp³-hybridized carbons (Fsp3) is 0.438. The van der Waals surface area contributed by atoms with E-state index >= 15 is 0 Å². The zero-order valence-electron chi connectivity index (χ0n) is 14.7. The SMILES string of the molecule is O=C(NCCCS(=O)(=O)N1CCN(c2ncccn2)CC1)c1cnccn1. The molecule has 1 fully saturated rings. The lowest BCUT2D eigenvalue weighted by molar-refractivity contribution is 0.0948. The van der Waals surface area contributed by atoms with Crippen molar-refractivity contribution in [3.63, 3.8) is 0 Å². The second-order valence-electron chi connectivity index (χ2n) is 5.95. The molecule has 3 heterocycles. The summed E-state index contributed by atoms with van der Waals surface area (Å²) in [7, 11) is -3.36. The average Bonchev–Trinajstić information content (AvgIpc) is 2.72. The van der Waals surface area contributed by atoms with Gasteiger partial charge in [-0.05, 0) is 12.5 Å². The molecule has 1 saturated heterocycles. The number of nitrogens with one attached hydrogen (secondary N) is 1. The Morgan fingerprint density at radius 1 is 1.04 bits per heavy atom. The van der Waals surface area contributed by atoms with Gasteiger partial charge in [-0.2, -0.15) is 4.31 Å². The van der Waals surface area contributed by atoms with E-state index in [2.05, 4.69) is 25.3 Å². The molecule has 0 aromatic carbocycles. The summed E-state index contributed by atoms with van der Waals surface area (Å²) in [5.41, 5.74) is 0.208. The van der Waals surface area contributed by atoms with Crippen molar-refractivity contribution in [1.29, 1.82) is 0 Å². The van der Waals surface area contributed by atoms with E-state index < -0.39 is 10.0 Å². The number of sulfonamides is 1. The van der Waals surface area contributed by atoms with Gasteiger partial charge in [0.15, 0.2) is 0 Å². The van der Waals surface area contributed by atoms with Crippen LogP contribution in [0.25, 0.3) is 0 Å². The van der Waals surface area contributed by atoms with Gasteiger partial charge in [0.2, 0.25) is 16.0 Å². The van der Waals surface area contributed by atoms with Gasteiger partial charge in [0.25, 0.3) is 5.91 Å². The van der Waals surface area contributed by atoms with Gasteiger partial charge in [-0.25, -0.2) is 23.4 Å². The third-order valence-corrected chi connectivity index (χ3v) is 6.08. The van der Waals surface area contributed by atoms with Crippen LogP contribution in [0.1, 0.15) is 16.9 Å². The average molecular weight is 391 g/mol. The van der Waals surface area contributed by atoms with Crippen LogP contribution in [0.15, 0.2) is 37.1 Å². The molecule has 0 unspecified atom stereocenters. The Morgan fingerprint density at radius 3 is 2.44 bits per heavy atom. The van der Waals surface area contributed by atoms with Crippen molar-refractivity contribution in [3.05, 3.63) is 42.7 Å². The van der Waals surface area contributed by atoms with E-state index in [4.69, 9.17) is 0 Å². The van der Waals surface area contributed by atoms with Gasteiger partial charge in [-0.3, -0.25) is 9.78 Å². The number of hydrogen-bond acceptors (Lipinski definition) is 8. The Hall–Kier alpha value is -2.66. The number of amides is 1. The Balaban J connectivity index is 1.42. The van der Waals surface area contributed by atoms with Crippen LogP contribution < -0.4 is 10.2 Å². The van der Waals surface area contributed by atoms with Gasteiger partial charge in [-0.15, -0.1) is 0 Å². The van der Waals surface area contributed by atoms with Crippen LogP contribution in [-0.2, 0) is 10.0 Å². The second kappa shape index (κ2) is 8.82. The molecular formula is C16H21N7O3S. The van der Waals surface area contributed by atoms with Gasteiger partial charge in [0.1, 0.15) is 5.69 Å².